The number of methoxy groups -OCH3 is 1. The fourth-order valence-corrected chi connectivity index (χ4v) is 1.90. The fourth-order valence-electron chi connectivity index (χ4n) is 1.90. The van der Waals surface area contributed by atoms with E-state index in [-0.39, 0.29) is 47.2 Å². The molecular formula is C13H12N4O5. The summed E-state index contributed by atoms with van der Waals surface area (Å²) < 4.78 is 9.82. The molecule has 22 heavy (non-hydrogen) atoms. The van der Waals surface area contributed by atoms with Gasteiger partial charge >= 0.3 is 5.97 Å². The van der Waals surface area contributed by atoms with Crippen LogP contribution in [-0.4, -0.2) is 30.6 Å². The number of carbonyl (C=O) groups excluding carboxylic acids is 3. The minimum atomic E-state index is -0.736. The molecule has 2 rings (SSSR count). The Morgan fingerprint density at radius 3 is 2.73 bits per heavy atom. The van der Waals surface area contributed by atoms with Gasteiger partial charge in [0.25, 0.3) is 5.91 Å². The Labute approximate surface area is 124 Å². The number of rotatable bonds is 3. The van der Waals surface area contributed by atoms with Crippen molar-refractivity contribution in [2.75, 3.05) is 12.4 Å². The molecule has 0 bridgehead atoms. The SMILES string of the molecule is COC(=O)c1c(C)oc(NC(=O)C2=NNC(=O)CC2)c1C#N. The van der Waals surface area contributed by atoms with Gasteiger partial charge in [-0.2, -0.15) is 10.4 Å². The number of ether oxygens (including phenoxy) is 1. The lowest BCUT2D eigenvalue weighted by atomic mass is 10.1. The lowest BCUT2D eigenvalue weighted by Crippen LogP contribution is -2.32. The van der Waals surface area contributed by atoms with E-state index in [9.17, 15) is 14.4 Å². The van der Waals surface area contributed by atoms with Crippen LogP contribution in [-0.2, 0) is 14.3 Å². The van der Waals surface area contributed by atoms with E-state index >= 15 is 0 Å². The molecule has 1 aromatic rings. The third-order valence-corrected chi connectivity index (χ3v) is 2.98. The van der Waals surface area contributed by atoms with Crippen molar-refractivity contribution in [3.63, 3.8) is 0 Å². The molecule has 0 spiro atoms. The highest BCUT2D eigenvalue weighted by Crippen LogP contribution is 2.27. The lowest BCUT2D eigenvalue weighted by Gasteiger charge is -2.10. The summed E-state index contributed by atoms with van der Waals surface area (Å²) in [5.41, 5.74) is 2.12. The summed E-state index contributed by atoms with van der Waals surface area (Å²) in [7, 11) is 1.17. The summed E-state index contributed by atoms with van der Waals surface area (Å²) in [5.74, 6) is -1.65. The van der Waals surface area contributed by atoms with Crippen LogP contribution in [0.3, 0.4) is 0 Å². The van der Waals surface area contributed by atoms with Crippen molar-refractivity contribution in [3.05, 3.63) is 16.9 Å². The van der Waals surface area contributed by atoms with Crippen molar-refractivity contribution < 1.29 is 23.5 Å². The van der Waals surface area contributed by atoms with Gasteiger partial charge in [0.2, 0.25) is 11.8 Å². The third kappa shape index (κ3) is 2.80. The fraction of sp³-hybridized carbons (Fsp3) is 0.308. The quantitative estimate of drug-likeness (QED) is 0.779. The van der Waals surface area contributed by atoms with E-state index in [0.29, 0.717) is 0 Å². The maximum atomic E-state index is 12.0. The predicted octanol–water partition coefficient (Wildman–Crippen LogP) is 0.451. The number of nitrogens with zero attached hydrogens (tertiary/aromatic N) is 2. The van der Waals surface area contributed by atoms with Crippen LogP contribution >= 0.6 is 0 Å². The number of hydrogen-bond acceptors (Lipinski definition) is 7. The number of carbonyl (C=O) groups is 3. The summed E-state index contributed by atoms with van der Waals surface area (Å²) in [6.07, 6.45) is 0.311. The molecule has 1 aliphatic heterocycles. The van der Waals surface area contributed by atoms with E-state index in [2.05, 4.69) is 20.6 Å². The zero-order valence-corrected chi connectivity index (χ0v) is 11.8. The van der Waals surface area contributed by atoms with Crippen LogP contribution < -0.4 is 10.7 Å². The average molecular weight is 304 g/mol. The molecular weight excluding hydrogens is 292 g/mol. The van der Waals surface area contributed by atoms with E-state index in [1.54, 1.807) is 6.07 Å². The zero-order valence-electron chi connectivity index (χ0n) is 11.8. The topological polar surface area (TPSA) is 134 Å². The van der Waals surface area contributed by atoms with Crippen LogP contribution in [0.4, 0.5) is 5.88 Å². The van der Waals surface area contributed by atoms with Gasteiger partial charge in [0, 0.05) is 12.8 Å². The summed E-state index contributed by atoms with van der Waals surface area (Å²) in [5, 5.41) is 15.2. The molecule has 0 unspecified atom stereocenters. The monoisotopic (exact) mass is 304 g/mol. The Hall–Kier alpha value is -3.15. The summed E-state index contributed by atoms with van der Waals surface area (Å²) >= 11 is 0. The molecule has 9 heteroatoms. The van der Waals surface area contributed by atoms with Gasteiger partial charge in [-0.25, -0.2) is 10.2 Å². The van der Waals surface area contributed by atoms with E-state index < -0.39 is 11.9 Å². The molecule has 2 N–H and O–H groups in total. The first-order valence-corrected chi connectivity index (χ1v) is 6.26. The largest absolute Gasteiger partial charge is 0.465 e. The van der Waals surface area contributed by atoms with Crippen molar-refractivity contribution in [3.8, 4) is 6.07 Å². The molecule has 9 nitrogen and oxygen atoms in total. The molecule has 1 aromatic heterocycles. The van der Waals surface area contributed by atoms with Gasteiger partial charge in [0.15, 0.2) is 0 Å². The number of hydrogen-bond donors (Lipinski definition) is 2. The van der Waals surface area contributed by atoms with Crippen LogP contribution in [0.2, 0.25) is 0 Å². The molecule has 0 saturated carbocycles. The number of esters is 1. The van der Waals surface area contributed by atoms with Crippen LogP contribution in [0.15, 0.2) is 9.52 Å². The number of aryl methyl sites for hydroxylation is 1. The maximum absolute atomic E-state index is 12.0. The maximum Gasteiger partial charge on any atom is 0.342 e. The highest BCUT2D eigenvalue weighted by molar-refractivity contribution is 6.43. The van der Waals surface area contributed by atoms with Gasteiger partial charge in [-0.1, -0.05) is 0 Å². The zero-order chi connectivity index (χ0) is 16.3. The summed E-state index contributed by atoms with van der Waals surface area (Å²) in [4.78, 5) is 34.6. The average Bonchev–Trinajstić information content (AvgIpc) is 2.82. The van der Waals surface area contributed by atoms with Gasteiger partial charge in [-0.3, -0.25) is 14.9 Å². The number of nitriles is 1. The first kappa shape index (κ1) is 15.2. The Morgan fingerprint density at radius 2 is 2.18 bits per heavy atom. The molecule has 0 atom stereocenters. The van der Waals surface area contributed by atoms with E-state index in [0.717, 1.165) is 0 Å². The van der Waals surface area contributed by atoms with Crippen LogP contribution in [0.1, 0.15) is 34.5 Å². The van der Waals surface area contributed by atoms with E-state index in [1.165, 1.54) is 14.0 Å². The second-order valence-electron chi connectivity index (χ2n) is 4.39. The Bertz CT molecular complexity index is 726. The van der Waals surface area contributed by atoms with Gasteiger partial charge < -0.3 is 9.15 Å². The van der Waals surface area contributed by atoms with Crippen molar-refractivity contribution in [2.24, 2.45) is 5.10 Å². The number of hydrazone groups is 1. The molecule has 2 amide bonds. The number of amides is 2. The number of anilines is 1. The first-order valence-electron chi connectivity index (χ1n) is 6.26. The first-order chi connectivity index (χ1) is 10.5. The minimum absolute atomic E-state index is 0.0424. The van der Waals surface area contributed by atoms with Gasteiger partial charge in [0.1, 0.15) is 28.7 Å². The van der Waals surface area contributed by atoms with Crippen LogP contribution in [0.25, 0.3) is 0 Å². The van der Waals surface area contributed by atoms with Crippen LogP contribution in [0, 0.1) is 18.3 Å². The summed E-state index contributed by atoms with van der Waals surface area (Å²) in [6.45, 7) is 1.47. The van der Waals surface area contributed by atoms with Crippen LogP contribution in [0.5, 0.6) is 0 Å². The lowest BCUT2D eigenvalue weighted by molar-refractivity contribution is -0.121. The molecule has 0 fully saturated rings. The van der Waals surface area contributed by atoms with Gasteiger partial charge in [-0.15, -0.1) is 0 Å². The minimum Gasteiger partial charge on any atom is -0.465 e. The van der Waals surface area contributed by atoms with Crippen molar-refractivity contribution in [1.29, 1.82) is 5.26 Å². The second-order valence-corrected chi connectivity index (χ2v) is 4.39. The van der Waals surface area contributed by atoms with Gasteiger partial charge in [0.05, 0.1) is 7.11 Å². The Balaban J connectivity index is 2.27. The molecule has 0 radical (unpaired) electrons. The van der Waals surface area contributed by atoms with Crippen molar-refractivity contribution >= 4 is 29.4 Å². The summed E-state index contributed by atoms with van der Waals surface area (Å²) in [6, 6.07) is 1.80. The Morgan fingerprint density at radius 1 is 1.45 bits per heavy atom. The highest BCUT2D eigenvalue weighted by atomic mass is 16.5. The molecule has 114 valence electrons. The molecule has 0 saturated heterocycles. The molecule has 1 aliphatic rings. The van der Waals surface area contributed by atoms with Crippen molar-refractivity contribution in [1.82, 2.24) is 5.43 Å². The van der Waals surface area contributed by atoms with E-state index in [4.69, 9.17) is 9.68 Å². The predicted molar refractivity (Wildman–Crippen MR) is 72.9 cm³/mol. The Kier molecular flexibility index (Phi) is 4.22. The highest BCUT2D eigenvalue weighted by Gasteiger charge is 2.27. The third-order valence-electron chi connectivity index (χ3n) is 2.98. The number of furan rings is 1. The number of nitrogens with one attached hydrogen (secondary N) is 2. The normalized spacial score (nSPS) is 13.7. The van der Waals surface area contributed by atoms with Gasteiger partial charge in [-0.05, 0) is 6.92 Å². The smallest absolute Gasteiger partial charge is 0.342 e. The molecule has 0 aromatic carbocycles. The molecule has 2 heterocycles. The van der Waals surface area contributed by atoms with Crippen molar-refractivity contribution in [2.45, 2.75) is 19.8 Å². The second kappa shape index (κ2) is 6.09. The molecule has 0 aliphatic carbocycles. The van der Waals surface area contributed by atoms with E-state index in [1.807, 2.05) is 0 Å². The standard InChI is InChI=1S/C13H12N4O5/c1-6-10(13(20)21-2)7(5-14)12(22-6)15-11(19)8-3-4-9(18)17-16-8/h3-4H2,1-2H3,(H,15,19)(H,17,18).